The van der Waals surface area contributed by atoms with Gasteiger partial charge in [0.2, 0.25) is 0 Å². The highest BCUT2D eigenvalue weighted by atomic mass is 79.9. The monoisotopic (exact) mass is 306 g/mol. The summed E-state index contributed by atoms with van der Waals surface area (Å²) in [4.78, 5) is 18.0. The van der Waals surface area contributed by atoms with E-state index >= 15 is 0 Å². The Labute approximate surface area is 108 Å². The molecular formula is C10H15BrN2O2S. The van der Waals surface area contributed by atoms with E-state index < -0.39 is 0 Å². The van der Waals surface area contributed by atoms with E-state index in [4.69, 9.17) is 4.74 Å². The molecule has 90 valence electrons. The molecule has 0 aromatic carbocycles. The molecule has 6 heteroatoms. The first-order valence-corrected chi connectivity index (χ1v) is 6.95. The summed E-state index contributed by atoms with van der Waals surface area (Å²) in [6.07, 6.45) is 0. The molecule has 0 radical (unpaired) electrons. The highest BCUT2D eigenvalue weighted by Crippen LogP contribution is 2.10. The van der Waals surface area contributed by atoms with Crippen molar-refractivity contribution in [3.05, 3.63) is 16.1 Å². The van der Waals surface area contributed by atoms with Gasteiger partial charge in [-0.2, -0.15) is 0 Å². The fourth-order valence-corrected chi connectivity index (χ4v) is 2.26. The van der Waals surface area contributed by atoms with Crippen LogP contribution in [-0.2, 0) is 4.74 Å². The van der Waals surface area contributed by atoms with Gasteiger partial charge in [0.05, 0.1) is 11.6 Å². The third-order valence-corrected chi connectivity index (χ3v) is 3.17. The van der Waals surface area contributed by atoms with E-state index in [2.05, 4.69) is 20.9 Å². The molecule has 16 heavy (non-hydrogen) atoms. The molecule has 1 aromatic rings. The molecule has 0 saturated heterocycles. The summed E-state index contributed by atoms with van der Waals surface area (Å²) in [5.74, 6) is -0.0270. The van der Waals surface area contributed by atoms with Crippen LogP contribution in [0, 0.1) is 6.92 Å². The minimum atomic E-state index is -0.0270. The van der Waals surface area contributed by atoms with Gasteiger partial charge in [-0.3, -0.25) is 4.79 Å². The maximum atomic E-state index is 12.0. The van der Waals surface area contributed by atoms with Crippen LogP contribution < -0.4 is 0 Å². The Morgan fingerprint density at radius 1 is 1.62 bits per heavy atom. The second-order valence-corrected chi connectivity index (χ2v) is 5.08. The first kappa shape index (κ1) is 13.6. The molecule has 0 aliphatic carbocycles. The lowest BCUT2D eigenvalue weighted by atomic mass is 10.4. The number of nitrogens with zero attached hydrogens (tertiary/aromatic N) is 2. The molecule has 0 aliphatic rings. The molecule has 0 spiro atoms. The number of carbonyl (C=O) groups excluding carboxylic acids is 1. The summed E-state index contributed by atoms with van der Waals surface area (Å²) in [6.45, 7) is 3.70. The first-order chi connectivity index (χ1) is 7.69. The number of hydrogen-bond acceptors (Lipinski definition) is 4. The fourth-order valence-electron chi connectivity index (χ4n) is 1.24. The van der Waals surface area contributed by atoms with Gasteiger partial charge < -0.3 is 9.64 Å². The molecule has 0 aliphatic heterocycles. The molecule has 4 nitrogen and oxygen atoms in total. The predicted molar refractivity (Wildman–Crippen MR) is 68.4 cm³/mol. The van der Waals surface area contributed by atoms with Crippen LogP contribution >= 0.6 is 27.3 Å². The van der Waals surface area contributed by atoms with Crippen LogP contribution in [0.4, 0.5) is 0 Å². The zero-order chi connectivity index (χ0) is 12.0. The van der Waals surface area contributed by atoms with Crippen molar-refractivity contribution >= 4 is 33.2 Å². The van der Waals surface area contributed by atoms with Gasteiger partial charge >= 0.3 is 0 Å². The molecule has 1 amide bonds. The number of ether oxygens (including phenoxy) is 1. The van der Waals surface area contributed by atoms with Gasteiger partial charge in [0, 0.05) is 30.9 Å². The summed E-state index contributed by atoms with van der Waals surface area (Å²) >= 11 is 4.83. The topological polar surface area (TPSA) is 42.4 Å². The predicted octanol–water partition coefficient (Wildman–Crippen LogP) is 1.94. The Morgan fingerprint density at radius 3 is 2.88 bits per heavy atom. The molecule has 0 saturated carbocycles. The minimum absolute atomic E-state index is 0.0270. The lowest BCUT2D eigenvalue weighted by Crippen LogP contribution is -2.35. The van der Waals surface area contributed by atoms with Crippen LogP contribution in [0.1, 0.15) is 15.5 Å². The Hall–Kier alpha value is -0.460. The molecule has 0 N–H and O–H groups in total. The van der Waals surface area contributed by atoms with E-state index in [-0.39, 0.29) is 5.91 Å². The van der Waals surface area contributed by atoms with Crippen LogP contribution in [0.2, 0.25) is 0 Å². The average molecular weight is 307 g/mol. The van der Waals surface area contributed by atoms with Crippen molar-refractivity contribution < 1.29 is 9.53 Å². The Bertz CT molecular complexity index is 343. The number of methoxy groups -OCH3 is 1. The number of aromatic nitrogens is 1. The van der Waals surface area contributed by atoms with E-state index in [0.717, 1.165) is 10.3 Å². The SMILES string of the molecule is COCCN(CCBr)C(=O)c1csc(C)n1. The summed E-state index contributed by atoms with van der Waals surface area (Å²) < 4.78 is 4.98. The highest BCUT2D eigenvalue weighted by molar-refractivity contribution is 9.09. The zero-order valence-electron chi connectivity index (χ0n) is 9.40. The number of thiazole rings is 1. The van der Waals surface area contributed by atoms with E-state index in [9.17, 15) is 4.79 Å². The lowest BCUT2D eigenvalue weighted by Gasteiger charge is -2.20. The molecule has 0 fully saturated rings. The Morgan fingerprint density at radius 2 is 2.38 bits per heavy atom. The van der Waals surface area contributed by atoms with Gasteiger partial charge in [-0.25, -0.2) is 4.98 Å². The quantitative estimate of drug-likeness (QED) is 0.754. The minimum Gasteiger partial charge on any atom is -0.383 e. The molecule has 0 atom stereocenters. The third-order valence-electron chi connectivity index (χ3n) is 2.05. The number of alkyl halides is 1. The van der Waals surface area contributed by atoms with E-state index in [1.165, 1.54) is 11.3 Å². The van der Waals surface area contributed by atoms with Crippen LogP contribution in [0.15, 0.2) is 5.38 Å². The van der Waals surface area contributed by atoms with Crippen molar-refractivity contribution in [1.82, 2.24) is 9.88 Å². The zero-order valence-corrected chi connectivity index (χ0v) is 11.8. The van der Waals surface area contributed by atoms with E-state index in [1.807, 2.05) is 6.92 Å². The van der Waals surface area contributed by atoms with Crippen molar-refractivity contribution in [2.45, 2.75) is 6.92 Å². The molecule has 1 rings (SSSR count). The highest BCUT2D eigenvalue weighted by Gasteiger charge is 2.17. The molecule has 0 unspecified atom stereocenters. The van der Waals surface area contributed by atoms with Crippen LogP contribution in [0.3, 0.4) is 0 Å². The number of amides is 1. The number of rotatable bonds is 6. The summed E-state index contributed by atoms with van der Waals surface area (Å²) in [5, 5.41) is 3.46. The number of aryl methyl sites for hydroxylation is 1. The number of halogens is 1. The Kier molecular flexibility index (Phi) is 5.94. The summed E-state index contributed by atoms with van der Waals surface area (Å²) in [7, 11) is 1.63. The normalized spacial score (nSPS) is 10.4. The largest absolute Gasteiger partial charge is 0.383 e. The lowest BCUT2D eigenvalue weighted by molar-refractivity contribution is 0.0704. The van der Waals surface area contributed by atoms with Crippen LogP contribution in [0.5, 0.6) is 0 Å². The maximum absolute atomic E-state index is 12.0. The average Bonchev–Trinajstić information content (AvgIpc) is 2.70. The number of carbonyl (C=O) groups is 1. The Balaban J connectivity index is 2.66. The third kappa shape index (κ3) is 3.84. The molecule has 0 bridgehead atoms. The first-order valence-electron chi connectivity index (χ1n) is 4.95. The van der Waals surface area contributed by atoms with Gasteiger partial charge in [0.15, 0.2) is 0 Å². The van der Waals surface area contributed by atoms with Crippen LogP contribution in [-0.4, -0.2) is 47.9 Å². The molecule has 1 aromatic heterocycles. The van der Waals surface area contributed by atoms with Crippen molar-refractivity contribution in [2.24, 2.45) is 0 Å². The van der Waals surface area contributed by atoms with Crippen molar-refractivity contribution in [1.29, 1.82) is 0 Å². The van der Waals surface area contributed by atoms with Gasteiger partial charge in [0.1, 0.15) is 5.69 Å². The molecule has 1 heterocycles. The molecular weight excluding hydrogens is 292 g/mol. The second kappa shape index (κ2) is 6.98. The van der Waals surface area contributed by atoms with Crippen molar-refractivity contribution in [3.63, 3.8) is 0 Å². The fraction of sp³-hybridized carbons (Fsp3) is 0.600. The standard InChI is InChI=1S/C10H15BrN2O2S/c1-8-12-9(7-16-8)10(14)13(4-3-11)5-6-15-2/h7H,3-6H2,1-2H3. The smallest absolute Gasteiger partial charge is 0.273 e. The maximum Gasteiger partial charge on any atom is 0.273 e. The van der Waals surface area contributed by atoms with Gasteiger partial charge in [-0.15, -0.1) is 11.3 Å². The summed E-state index contributed by atoms with van der Waals surface area (Å²) in [6, 6.07) is 0. The van der Waals surface area contributed by atoms with Crippen LogP contribution in [0.25, 0.3) is 0 Å². The number of hydrogen-bond donors (Lipinski definition) is 0. The second-order valence-electron chi connectivity index (χ2n) is 3.23. The van der Waals surface area contributed by atoms with Gasteiger partial charge in [0.25, 0.3) is 5.91 Å². The summed E-state index contributed by atoms with van der Waals surface area (Å²) in [5.41, 5.74) is 0.527. The van der Waals surface area contributed by atoms with E-state index in [1.54, 1.807) is 17.4 Å². The van der Waals surface area contributed by atoms with Gasteiger partial charge in [-0.05, 0) is 6.92 Å². The van der Waals surface area contributed by atoms with Gasteiger partial charge in [-0.1, -0.05) is 15.9 Å². The van der Waals surface area contributed by atoms with E-state index in [0.29, 0.717) is 25.4 Å². The van der Waals surface area contributed by atoms with Crippen molar-refractivity contribution in [2.75, 3.05) is 32.1 Å². The van der Waals surface area contributed by atoms with Crippen molar-refractivity contribution in [3.8, 4) is 0 Å².